The van der Waals surface area contributed by atoms with Crippen molar-refractivity contribution >= 4 is 18.4 Å². The second-order valence-corrected chi connectivity index (χ2v) is 11.6. The van der Waals surface area contributed by atoms with Crippen molar-refractivity contribution in [1.29, 1.82) is 0 Å². The van der Waals surface area contributed by atoms with Crippen molar-refractivity contribution in [3.8, 4) is 0 Å². The lowest BCUT2D eigenvalue weighted by atomic mass is 9.81. The number of hydrogen-bond acceptors (Lipinski definition) is 1. The summed E-state index contributed by atoms with van der Waals surface area (Å²) in [5, 5.41) is 0. The molecule has 0 N–H and O–H groups in total. The van der Waals surface area contributed by atoms with Gasteiger partial charge < -0.3 is 0 Å². The summed E-state index contributed by atoms with van der Waals surface area (Å²) in [6.45, 7) is 22.4. The number of benzene rings is 2. The maximum atomic E-state index is 4.15. The third-order valence-corrected chi connectivity index (χ3v) is 8.37. The molecular weight excluding hydrogens is 567 g/mol. The Morgan fingerprint density at radius 1 is 0.894 bits per heavy atom. The molecule has 47 heavy (non-hydrogen) atoms. The Labute approximate surface area is 285 Å². The fourth-order valence-corrected chi connectivity index (χ4v) is 5.72. The van der Waals surface area contributed by atoms with Crippen LogP contribution in [0, 0.1) is 0 Å². The van der Waals surface area contributed by atoms with Gasteiger partial charge in [-0.25, -0.2) is 0 Å². The first-order valence-electron chi connectivity index (χ1n) is 16.6. The number of rotatable bonds is 16. The average Bonchev–Trinajstić information content (AvgIpc) is 3.10. The summed E-state index contributed by atoms with van der Waals surface area (Å²) >= 11 is 0. The highest BCUT2D eigenvalue weighted by Gasteiger charge is 2.19. The Balaban J connectivity index is 2.04. The van der Waals surface area contributed by atoms with E-state index in [1.165, 1.54) is 44.5 Å². The minimum absolute atomic E-state index is 0.196. The Morgan fingerprint density at radius 3 is 2.26 bits per heavy atom. The zero-order valence-electron chi connectivity index (χ0n) is 28.7. The quantitative estimate of drug-likeness (QED) is 0.131. The van der Waals surface area contributed by atoms with Gasteiger partial charge in [-0.05, 0) is 96.1 Å². The van der Waals surface area contributed by atoms with Gasteiger partial charge in [-0.2, -0.15) is 0 Å². The van der Waals surface area contributed by atoms with Crippen LogP contribution in [0.4, 0.5) is 0 Å². The van der Waals surface area contributed by atoms with E-state index in [0.717, 1.165) is 43.2 Å². The maximum Gasteiger partial charge on any atom is 0.0261 e. The molecule has 240 valence electrons. The maximum absolute atomic E-state index is 4.15. The van der Waals surface area contributed by atoms with Crippen molar-refractivity contribution in [2.75, 3.05) is 0 Å². The Bertz CT molecular complexity index is 1670. The first-order chi connectivity index (χ1) is 23.0. The monoisotopic (exact) mass is 617 g/mol. The average molecular weight is 618 g/mol. The van der Waals surface area contributed by atoms with E-state index in [-0.39, 0.29) is 5.92 Å². The molecule has 1 unspecified atom stereocenters. The third-order valence-electron chi connectivity index (χ3n) is 8.37. The summed E-state index contributed by atoms with van der Waals surface area (Å²) in [7, 11) is 0. The SMILES string of the molecule is C=C\C=C/C(C(=C1\C=CCCC1)/C(/C=C\Cc1ccc(C/C=C\N=C/C=C)cc1)=C/C=C)=C(\C)C(C)c1ccc(C=C)c(/C=C\C)c1. The highest BCUT2D eigenvalue weighted by atomic mass is 14.6. The predicted octanol–water partition coefficient (Wildman–Crippen LogP) is 12.8. The topological polar surface area (TPSA) is 12.4 Å². The number of nitrogens with zero attached hydrogens (tertiary/aromatic N) is 1. The van der Waals surface area contributed by atoms with Gasteiger partial charge in [-0.15, -0.1) is 0 Å². The molecule has 2 aromatic carbocycles. The molecule has 2 aromatic rings. The van der Waals surface area contributed by atoms with Gasteiger partial charge in [0.05, 0.1) is 0 Å². The molecule has 0 saturated heterocycles. The molecule has 0 fully saturated rings. The lowest BCUT2D eigenvalue weighted by Crippen LogP contribution is -2.05. The van der Waals surface area contributed by atoms with Crippen LogP contribution in [-0.2, 0) is 12.8 Å². The molecule has 0 heterocycles. The summed E-state index contributed by atoms with van der Waals surface area (Å²) in [6.07, 6.45) is 37.8. The molecule has 0 aromatic heterocycles. The number of allylic oxidation sites excluding steroid dienone is 17. The smallest absolute Gasteiger partial charge is 0.0261 e. The van der Waals surface area contributed by atoms with Crippen molar-refractivity contribution in [3.05, 3.63) is 204 Å². The molecule has 0 amide bonds. The van der Waals surface area contributed by atoms with E-state index in [4.69, 9.17) is 0 Å². The highest BCUT2D eigenvalue weighted by molar-refractivity contribution is 5.70. The Morgan fingerprint density at radius 2 is 1.64 bits per heavy atom. The van der Waals surface area contributed by atoms with E-state index in [0.29, 0.717) is 0 Å². The molecule has 1 heteroatoms. The third kappa shape index (κ3) is 11.1. The van der Waals surface area contributed by atoms with Gasteiger partial charge in [-0.1, -0.05) is 166 Å². The van der Waals surface area contributed by atoms with Crippen LogP contribution in [0.3, 0.4) is 0 Å². The largest absolute Gasteiger partial charge is 0.265 e. The van der Waals surface area contributed by atoms with Crippen LogP contribution in [0.5, 0.6) is 0 Å². The second kappa shape index (κ2) is 20.2. The fraction of sp³-hybridized carbons (Fsp3) is 0.196. The predicted molar refractivity (Wildman–Crippen MR) is 211 cm³/mol. The fourth-order valence-electron chi connectivity index (χ4n) is 5.72. The summed E-state index contributed by atoms with van der Waals surface area (Å²) in [4.78, 5) is 4.15. The van der Waals surface area contributed by atoms with E-state index in [1.54, 1.807) is 12.3 Å². The van der Waals surface area contributed by atoms with Gasteiger partial charge in [0.1, 0.15) is 0 Å². The lowest BCUT2D eigenvalue weighted by Gasteiger charge is -2.23. The minimum Gasteiger partial charge on any atom is -0.265 e. The summed E-state index contributed by atoms with van der Waals surface area (Å²) in [5.41, 5.74) is 12.5. The van der Waals surface area contributed by atoms with Crippen molar-refractivity contribution in [2.45, 2.75) is 58.8 Å². The van der Waals surface area contributed by atoms with Gasteiger partial charge in [0, 0.05) is 18.3 Å². The van der Waals surface area contributed by atoms with Crippen LogP contribution in [0.25, 0.3) is 12.2 Å². The van der Waals surface area contributed by atoms with E-state index >= 15 is 0 Å². The Kier molecular flexibility index (Phi) is 15.7. The first kappa shape index (κ1) is 36.5. The normalized spacial score (nSPS) is 16.4. The van der Waals surface area contributed by atoms with Gasteiger partial charge in [-0.3, -0.25) is 4.99 Å². The zero-order chi connectivity index (χ0) is 33.9. The molecule has 1 aliphatic carbocycles. The summed E-state index contributed by atoms with van der Waals surface area (Å²) in [5.74, 6) is 0.196. The summed E-state index contributed by atoms with van der Waals surface area (Å²) in [6, 6.07) is 15.5. The molecule has 3 rings (SSSR count). The molecule has 1 aliphatic rings. The van der Waals surface area contributed by atoms with Crippen molar-refractivity contribution in [2.24, 2.45) is 4.99 Å². The van der Waals surface area contributed by atoms with Crippen LogP contribution in [0.2, 0.25) is 0 Å². The van der Waals surface area contributed by atoms with E-state index in [9.17, 15) is 0 Å². The van der Waals surface area contributed by atoms with Gasteiger partial charge in [0.2, 0.25) is 0 Å². The van der Waals surface area contributed by atoms with E-state index in [1.807, 2.05) is 24.4 Å². The Hall–Kier alpha value is -5.01. The van der Waals surface area contributed by atoms with Crippen LogP contribution in [0.1, 0.15) is 73.8 Å². The molecule has 0 aliphatic heterocycles. The standard InChI is InChI=1S/C46H51N/c1-8-13-26-45(37(7)36(6)43-32-31-40(12-5)44(35-43)20-10-3)46(42-23-15-14-16-24-42)41(19-9-2)25-17-21-38-27-29-39(30-28-38)22-18-34-47-33-11-4/h8-13,15,17-20,23,25-36H,1-2,4-5,14,16,21-22,24H2,3,6-7H3/b20-10-,25-17-,26-13-,34-18-,41-19+,45-37-,46-42+,47-33-. The molecule has 1 nitrogen and oxygen atoms in total. The first-order valence-corrected chi connectivity index (χ1v) is 16.6. The molecule has 0 spiro atoms. The van der Waals surface area contributed by atoms with Gasteiger partial charge in [0.25, 0.3) is 0 Å². The summed E-state index contributed by atoms with van der Waals surface area (Å²) < 4.78 is 0. The number of hydrogen-bond donors (Lipinski definition) is 0. The van der Waals surface area contributed by atoms with E-state index < -0.39 is 0 Å². The van der Waals surface area contributed by atoms with Gasteiger partial charge in [0.15, 0.2) is 0 Å². The highest BCUT2D eigenvalue weighted by Crippen LogP contribution is 2.37. The van der Waals surface area contributed by atoms with Crippen molar-refractivity contribution in [1.82, 2.24) is 0 Å². The van der Waals surface area contributed by atoms with E-state index in [2.05, 4.69) is 155 Å². The number of aliphatic imine (C=N–C) groups is 1. The van der Waals surface area contributed by atoms with Crippen LogP contribution in [-0.4, -0.2) is 6.21 Å². The van der Waals surface area contributed by atoms with Crippen molar-refractivity contribution < 1.29 is 0 Å². The second-order valence-electron chi connectivity index (χ2n) is 11.6. The molecular formula is C46H51N. The van der Waals surface area contributed by atoms with Crippen LogP contribution < -0.4 is 0 Å². The molecule has 1 atom stereocenters. The lowest BCUT2D eigenvalue weighted by molar-refractivity contribution is 0.813. The zero-order valence-corrected chi connectivity index (χ0v) is 28.7. The molecule has 0 bridgehead atoms. The van der Waals surface area contributed by atoms with Crippen LogP contribution in [0.15, 0.2) is 181 Å². The minimum atomic E-state index is 0.196. The molecule has 0 radical (unpaired) electrons. The van der Waals surface area contributed by atoms with Crippen molar-refractivity contribution in [3.63, 3.8) is 0 Å². The van der Waals surface area contributed by atoms with Crippen LogP contribution >= 0.6 is 0 Å². The molecule has 0 saturated carbocycles. The van der Waals surface area contributed by atoms with Gasteiger partial charge >= 0.3 is 0 Å².